The Morgan fingerprint density at radius 2 is 2.11 bits per heavy atom. The molecule has 144 valence electrons. The van der Waals surface area contributed by atoms with Gasteiger partial charge in [-0.1, -0.05) is 12.1 Å². The molecule has 2 aliphatic heterocycles. The van der Waals surface area contributed by atoms with E-state index in [1.165, 1.54) is 18.5 Å². The van der Waals surface area contributed by atoms with Crippen LogP contribution in [-0.2, 0) is 13.0 Å². The summed E-state index contributed by atoms with van der Waals surface area (Å²) in [7, 11) is 2.12. The molecule has 27 heavy (non-hydrogen) atoms. The molecule has 1 aromatic heterocycles. The summed E-state index contributed by atoms with van der Waals surface area (Å²) in [6, 6.07) is 8.39. The number of carbonyl (C=O) groups is 1. The standard InChI is InChI=1S/C21H29N5O/c1-15-19(10-6-11-25(15)2)24-21(27)23-17-8-5-7-16(13-17)20-22-14-18-9-3-4-12-26(18)20/h5,7-8,13-15,19H,3-4,6,9-12H2,1-2H3,(H2,23,24,27). The van der Waals surface area contributed by atoms with E-state index in [-0.39, 0.29) is 12.1 Å². The Morgan fingerprint density at radius 3 is 3.00 bits per heavy atom. The van der Waals surface area contributed by atoms with E-state index in [9.17, 15) is 4.79 Å². The molecule has 1 saturated heterocycles. The third kappa shape index (κ3) is 3.86. The average molecular weight is 367 g/mol. The first-order chi connectivity index (χ1) is 13.1. The van der Waals surface area contributed by atoms with Crippen molar-refractivity contribution in [1.82, 2.24) is 19.8 Å². The van der Waals surface area contributed by atoms with E-state index in [1.807, 2.05) is 24.4 Å². The Labute approximate surface area is 161 Å². The molecule has 2 aliphatic rings. The number of hydrogen-bond donors (Lipinski definition) is 2. The van der Waals surface area contributed by atoms with Crippen molar-refractivity contribution in [1.29, 1.82) is 0 Å². The Morgan fingerprint density at radius 1 is 1.22 bits per heavy atom. The average Bonchev–Trinajstić information content (AvgIpc) is 3.10. The van der Waals surface area contributed by atoms with Crippen LogP contribution in [-0.4, -0.2) is 46.2 Å². The fraction of sp³-hybridized carbons (Fsp3) is 0.524. The van der Waals surface area contributed by atoms with Crippen LogP contribution in [0, 0.1) is 0 Å². The Hall–Kier alpha value is -2.34. The van der Waals surface area contributed by atoms with Crippen molar-refractivity contribution in [2.45, 2.75) is 57.7 Å². The van der Waals surface area contributed by atoms with Crippen LogP contribution in [0.1, 0.15) is 38.3 Å². The molecule has 2 unspecified atom stereocenters. The van der Waals surface area contributed by atoms with Crippen LogP contribution in [0.5, 0.6) is 0 Å². The summed E-state index contributed by atoms with van der Waals surface area (Å²) in [4.78, 5) is 19.4. The molecule has 2 amide bonds. The van der Waals surface area contributed by atoms with E-state index in [0.717, 1.165) is 49.4 Å². The fourth-order valence-electron chi connectivity index (χ4n) is 4.24. The summed E-state index contributed by atoms with van der Waals surface area (Å²) in [6.45, 7) is 4.29. The minimum Gasteiger partial charge on any atom is -0.334 e. The minimum atomic E-state index is -0.135. The molecule has 0 saturated carbocycles. The molecule has 0 aliphatic carbocycles. The van der Waals surface area contributed by atoms with Crippen molar-refractivity contribution in [2.75, 3.05) is 18.9 Å². The number of anilines is 1. The maximum absolute atomic E-state index is 12.5. The van der Waals surface area contributed by atoms with Gasteiger partial charge in [0.1, 0.15) is 5.82 Å². The number of urea groups is 1. The number of nitrogens with zero attached hydrogens (tertiary/aromatic N) is 3. The summed E-state index contributed by atoms with van der Waals surface area (Å²) in [5.41, 5.74) is 3.16. The number of nitrogens with one attached hydrogen (secondary N) is 2. The largest absolute Gasteiger partial charge is 0.334 e. The number of rotatable bonds is 3. The maximum atomic E-state index is 12.5. The number of imidazole rings is 1. The lowest BCUT2D eigenvalue weighted by molar-refractivity contribution is 0.157. The molecule has 1 fully saturated rings. The van der Waals surface area contributed by atoms with Crippen molar-refractivity contribution in [2.24, 2.45) is 0 Å². The summed E-state index contributed by atoms with van der Waals surface area (Å²) >= 11 is 0. The number of fused-ring (bicyclic) bond motifs is 1. The summed E-state index contributed by atoms with van der Waals surface area (Å²) in [5.74, 6) is 0.997. The number of benzene rings is 1. The van der Waals surface area contributed by atoms with E-state index in [1.54, 1.807) is 0 Å². The van der Waals surface area contributed by atoms with Crippen molar-refractivity contribution < 1.29 is 4.79 Å². The van der Waals surface area contributed by atoms with Gasteiger partial charge >= 0.3 is 6.03 Å². The maximum Gasteiger partial charge on any atom is 0.319 e. The molecule has 2 N–H and O–H groups in total. The second-order valence-electron chi connectivity index (χ2n) is 7.83. The van der Waals surface area contributed by atoms with E-state index in [0.29, 0.717) is 6.04 Å². The number of likely N-dealkylation sites (tertiary alicyclic amines) is 1. The Kier molecular flexibility index (Phi) is 5.16. The first-order valence-electron chi connectivity index (χ1n) is 10.0. The molecule has 0 spiro atoms. The van der Waals surface area contributed by atoms with Gasteiger partial charge in [0.15, 0.2) is 0 Å². The fourth-order valence-corrected chi connectivity index (χ4v) is 4.24. The molecule has 4 rings (SSSR count). The lowest BCUT2D eigenvalue weighted by Gasteiger charge is -2.37. The zero-order valence-corrected chi connectivity index (χ0v) is 16.2. The molecule has 6 heteroatoms. The molecular weight excluding hydrogens is 338 g/mol. The quantitative estimate of drug-likeness (QED) is 0.873. The lowest BCUT2D eigenvalue weighted by atomic mass is 9.98. The zero-order valence-electron chi connectivity index (χ0n) is 16.2. The van der Waals surface area contributed by atoms with Crippen LogP contribution in [0.2, 0.25) is 0 Å². The molecular formula is C21H29N5O. The smallest absolute Gasteiger partial charge is 0.319 e. The number of aromatic nitrogens is 2. The van der Waals surface area contributed by atoms with E-state index in [4.69, 9.17) is 0 Å². The number of piperidine rings is 1. The minimum absolute atomic E-state index is 0.135. The van der Waals surface area contributed by atoms with Crippen LogP contribution in [0.25, 0.3) is 11.4 Å². The highest BCUT2D eigenvalue weighted by molar-refractivity contribution is 5.90. The van der Waals surface area contributed by atoms with E-state index < -0.39 is 0 Å². The van der Waals surface area contributed by atoms with Gasteiger partial charge < -0.3 is 20.1 Å². The van der Waals surface area contributed by atoms with Gasteiger partial charge in [0.05, 0.1) is 0 Å². The van der Waals surface area contributed by atoms with E-state index in [2.05, 4.69) is 45.1 Å². The van der Waals surface area contributed by atoms with Gasteiger partial charge in [0, 0.05) is 41.8 Å². The number of amides is 2. The van der Waals surface area contributed by atoms with Crippen molar-refractivity contribution in [3.05, 3.63) is 36.2 Å². The van der Waals surface area contributed by atoms with Gasteiger partial charge in [0.2, 0.25) is 0 Å². The topological polar surface area (TPSA) is 62.2 Å². The molecule has 2 atom stereocenters. The lowest BCUT2D eigenvalue weighted by Crippen LogP contribution is -2.53. The van der Waals surface area contributed by atoms with Crippen LogP contribution in [0.4, 0.5) is 10.5 Å². The zero-order chi connectivity index (χ0) is 18.8. The third-order valence-electron chi connectivity index (χ3n) is 6.00. The van der Waals surface area contributed by atoms with Crippen LogP contribution in [0.15, 0.2) is 30.5 Å². The van der Waals surface area contributed by atoms with Crippen LogP contribution < -0.4 is 10.6 Å². The number of aryl methyl sites for hydroxylation is 1. The van der Waals surface area contributed by atoms with Gasteiger partial charge in [-0.25, -0.2) is 9.78 Å². The van der Waals surface area contributed by atoms with Gasteiger partial charge in [0.25, 0.3) is 0 Å². The number of hydrogen-bond acceptors (Lipinski definition) is 3. The monoisotopic (exact) mass is 367 g/mol. The first-order valence-corrected chi connectivity index (χ1v) is 10.0. The first kappa shape index (κ1) is 18.0. The second kappa shape index (κ2) is 7.72. The molecule has 0 radical (unpaired) electrons. The molecule has 2 aromatic rings. The summed E-state index contributed by atoms with van der Waals surface area (Å²) in [6.07, 6.45) is 7.67. The van der Waals surface area contributed by atoms with Crippen molar-refractivity contribution in [3.8, 4) is 11.4 Å². The van der Waals surface area contributed by atoms with Crippen molar-refractivity contribution >= 4 is 11.7 Å². The predicted octanol–water partition coefficient (Wildman–Crippen LogP) is 3.49. The highest BCUT2D eigenvalue weighted by Crippen LogP contribution is 2.26. The Balaban J connectivity index is 1.45. The SMILES string of the molecule is CC1C(NC(=O)Nc2cccc(-c3ncc4n3CCCC4)c2)CCCN1C. The summed E-state index contributed by atoms with van der Waals surface area (Å²) in [5, 5.41) is 6.14. The normalized spacial score (nSPS) is 22.9. The highest BCUT2D eigenvalue weighted by Gasteiger charge is 2.26. The van der Waals surface area contributed by atoms with Crippen LogP contribution >= 0.6 is 0 Å². The molecule has 1 aromatic carbocycles. The van der Waals surface area contributed by atoms with Gasteiger partial charge in [-0.3, -0.25) is 0 Å². The molecule has 6 nitrogen and oxygen atoms in total. The highest BCUT2D eigenvalue weighted by atomic mass is 16.2. The van der Waals surface area contributed by atoms with Gasteiger partial charge in [-0.2, -0.15) is 0 Å². The van der Waals surface area contributed by atoms with Gasteiger partial charge in [-0.15, -0.1) is 0 Å². The van der Waals surface area contributed by atoms with Crippen molar-refractivity contribution in [3.63, 3.8) is 0 Å². The number of likely N-dealkylation sites (N-methyl/N-ethyl adjacent to an activating group) is 1. The molecule has 0 bridgehead atoms. The van der Waals surface area contributed by atoms with Gasteiger partial charge in [-0.05, 0) is 64.8 Å². The second-order valence-corrected chi connectivity index (χ2v) is 7.83. The predicted molar refractivity (Wildman–Crippen MR) is 108 cm³/mol. The Bertz CT molecular complexity index is 815. The molecule has 3 heterocycles. The van der Waals surface area contributed by atoms with E-state index >= 15 is 0 Å². The van der Waals surface area contributed by atoms with Crippen LogP contribution in [0.3, 0.4) is 0 Å². The third-order valence-corrected chi connectivity index (χ3v) is 6.00. The summed E-state index contributed by atoms with van der Waals surface area (Å²) < 4.78 is 2.31. The number of carbonyl (C=O) groups excluding carboxylic acids is 1.